The van der Waals surface area contributed by atoms with Gasteiger partial charge < -0.3 is 14.2 Å². The number of nitrogens with zero attached hydrogens (tertiary/aromatic N) is 16. The van der Waals surface area contributed by atoms with E-state index in [2.05, 4.69) is 87.0 Å². The molecular weight excluding hydrogens is 1830 g/mol. The molecule has 3 unspecified atom stereocenters. The molecule has 3 aliphatic heterocycles. The Balaban J connectivity index is 0.000000205. The summed E-state index contributed by atoms with van der Waals surface area (Å²) in [6, 6.07) is 27.3. The van der Waals surface area contributed by atoms with Crippen molar-refractivity contribution in [3.05, 3.63) is 316 Å². The van der Waals surface area contributed by atoms with Gasteiger partial charge in [0.05, 0.1) is 60.1 Å². The number of ketones is 3. The Labute approximate surface area is 744 Å². The third-order valence-electron chi connectivity index (χ3n) is 16.7. The lowest BCUT2D eigenvalue weighted by atomic mass is 9.93. The highest BCUT2D eigenvalue weighted by molar-refractivity contribution is 8.13. The Morgan fingerprint density at radius 1 is 0.463 bits per heavy atom. The maximum absolute atomic E-state index is 13.3. The van der Waals surface area contributed by atoms with Crippen molar-refractivity contribution in [3.8, 4) is 0 Å². The van der Waals surface area contributed by atoms with E-state index in [1.54, 1.807) is 68.9 Å². The highest BCUT2D eigenvalue weighted by Crippen LogP contribution is 2.40. The first-order chi connectivity index (χ1) is 58.0. The minimum absolute atomic E-state index is 0.0263. The van der Waals surface area contributed by atoms with Crippen LogP contribution in [-0.4, -0.2) is 201 Å². The van der Waals surface area contributed by atoms with E-state index >= 15 is 0 Å². The van der Waals surface area contributed by atoms with Crippen molar-refractivity contribution in [2.45, 2.75) is 87.9 Å². The number of sulfonamides is 4. The number of aromatic nitrogens is 10. The molecule has 0 saturated carbocycles. The van der Waals surface area contributed by atoms with Crippen LogP contribution < -0.4 is 0 Å². The molecule has 10 aromatic rings. The largest absolute Gasteiger partial charge is 0.545 e. The van der Waals surface area contributed by atoms with Crippen LogP contribution >= 0.6 is 68.7 Å². The highest BCUT2D eigenvalue weighted by Gasteiger charge is 2.43. The zero-order valence-electron chi connectivity index (χ0n) is 66.8. The number of piperidine rings is 3. The van der Waals surface area contributed by atoms with Crippen molar-refractivity contribution in [2.75, 3.05) is 47.8 Å². The Hall–Kier alpha value is -10.2. The van der Waals surface area contributed by atoms with Crippen LogP contribution in [0, 0.1) is 0 Å². The van der Waals surface area contributed by atoms with Crippen LogP contribution in [-0.2, 0) is 68.0 Å². The van der Waals surface area contributed by atoms with E-state index in [9.17, 15) is 61.3 Å². The predicted molar refractivity (Wildman–Crippen MR) is 471 cm³/mol. The van der Waals surface area contributed by atoms with E-state index in [-0.39, 0.29) is 87.1 Å². The maximum Gasteiger partial charge on any atom is 0.282 e. The van der Waals surface area contributed by atoms with Gasteiger partial charge in [-0.05, 0) is 147 Å². The molecule has 3 saturated heterocycles. The van der Waals surface area contributed by atoms with Crippen molar-refractivity contribution in [3.63, 3.8) is 0 Å². The number of carbonyl (C=O) groups is 4. The summed E-state index contributed by atoms with van der Waals surface area (Å²) in [5, 5.41) is 2.31. The second-order valence-corrected chi connectivity index (χ2v) is 43.9. The van der Waals surface area contributed by atoms with Gasteiger partial charge in [-0.1, -0.05) is 71.2 Å². The van der Waals surface area contributed by atoms with Gasteiger partial charge in [0, 0.05) is 217 Å². The lowest BCUT2D eigenvalue weighted by Gasteiger charge is -2.36. The summed E-state index contributed by atoms with van der Waals surface area (Å²) in [6.07, 6.45) is 29.2. The summed E-state index contributed by atoms with van der Waals surface area (Å²) < 4.78 is 137. The number of benzene rings is 5. The number of halogens is 6. The zero-order chi connectivity index (χ0) is 90.5. The molecule has 13 rings (SSSR count). The zero-order valence-corrected chi connectivity index (χ0v) is 76.4. The van der Waals surface area contributed by atoms with E-state index < -0.39 is 75.6 Å². The Morgan fingerprint density at radius 2 is 0.813 bits per heavy atom. The van der Waals surface area contributed by atoms with E-state index in [4.69, 9.17) is 73.1 Å². The van der Waals surface area contributed by atoms with Crippen molar-refractivity contribution in [2.24, 2.45) is 4.40 Å². The number of aldehydes is 1. The van der Waals surface area contributed by atoms with Crippen molar-refractivity contribution in [1.29, 1.82) is 0 Å². The van der Waals surface area contributed by atoms with Crippen LogP contribution in [0.25, 0.3) is 0 Å². The Kier molecular flexibility index (Phi) is 37.8. The number of Topliss-reactive ketones (excluding diaryl/α,β-unsaturated/α-hetero) is 3. The van der Waals surface area contributed by atoms with E-state index in [0.717, 1.165) is 0 Å². The van der Waals surface area contributed by atoms with Gasteiger partial charge in [0.1, 0.15) is 37.4 Å². The van der Waals surface area contributed by atoms with Crippen LogP contribution in [0.1, 0.15) is 76.4 Å². The first kappa shape index (κ1) is 99.9. The average Bonchev–Trinajstić information content (AvgIpc) is 0.762. The van der Waals surface area contributed by atoms with Crippen LogP contribution in [0.2, 0.25) is 44.8 Å². The molecule has 0 bridgehead atoms. The van der Waals surface area contributed by atoms with E-state index in [1.165, 1.54) is 222 Å². The standard InChI is InChI=1S/2C18H19ClN4O3S.C15H14ClN3O3S.C11H8ClN3O2S.C7H14OSi.C6H4Cl2O2S.C5H4N2O/c1-22(2)10-14-11-23(27(25,26)16-5-3-15(19)4-6-16)17(7-18(14)24)13-8-20-12-21-9-13;1-22(2)11-16-17(24)7-8-23(18(16)13-9-20-12-21-10-13)27(25,26)15-5-3-14(19)4-6-15;16-12-1-3-14(4-2-12)23(21,22)19-6-5-13(20)7-15(19)11-8-17-10-18-9-11;12-10-1-3-11(4-2-10)18(16,17)15-7-9-5-13-8-14-6-9;1-6-7(2)8-9(3,4)5;7-5-1-3-6(4-2-5)11(8,9)10;8-3-5-1-6-4-7-2-5/h3-6,8-10,12,17H,7,11H2,1-2H3;3-6,9-12,18H,7-8H2,1-2H3;1-4,8-10,15H,5-7H2;1-8H;6H,1-2H2,3-5H3;1-4H;1-4H/b14-10-;16-11+;;;;;. The van der Waals surface area contributed by atoms with Crippen LogP contribution in [0.4, 0.5) is 0 Å². The fourth-order valence-corrected chi connectivity index (χ4v) is 19.1. The fourth-order valence-electron chi connectivity index (χ4n) is 11.2. The summed E-state index contributed by atoms with van der Waals surface area (Å²) >= 11 is 28.8. The number of rotatable bonds is 19. The fraction of sp³-hybridized carbons (Fsp3) is 0.212. The smallest absolute Gasteiger partial charge is 0.282 e. The molecule has 3 aliphatic rings. The van der Waals surface area contributed by atoms with Crippen molar-refractivity contribution >= 4 is 156 Å². The third-order valence-corrected chi connectivity index (χ3v) is 27.1. The van der Waals surface area contributed by atoms with E-state index in [1.807, 2.05) is 0 Å². The first-order valence-corrected chi connectivity index (χ1v) is 49.5. The molecule has 123 heavy (non-hydrogen) atoms. The van der Waals surface area contributed by atoms with Gasteiger partial charge in [0.15, 0.2) is 17.9 Å². The van der Waals surface area contributed by atoms with Gasteiger partial charge in [0.25, 0.3) is 19.1 Å². The molecule has 43 heteroatoms. The monoisotopic (exact) mass is 1900 g/mol. The summed E-state index contributed by atoms with van der Waals surface area (Å²) in [4.78, 5) is 89.4. The van der Waals surface area contributed by atoms with Gasteiger partial charge in [-0.3, -0.25) is 19.2 Å². The molecule has 0 radical (unpaired) electrons. The highest BCUT2D eigenvalue weighted by atomic mass is 35.7. The molecule has 3 fully saturated rings. The van der Waals surface area contributed by atoms with Crippen molar-refractivity contribution < 1.29 is 65.7 Å². The van der Waals surface area contributed by atoms with Crippen LogP contribution in [0.3, 0.4) is 0 Å². The molecule has 0 spiro atoms. The first-order valence-electron chi connectivity index (χ1n) is 36.2. The lowest BCUT2D eigenvalue weighted by molar-refractivity contribution is -0.122. The molecular formula is C80H82Cl6N16O15S5Si. The molecule has 0 aliphatic carbocycles. The topological polar surface area (TPSA) is 406 Å². The summed E-state index contributed by atoms with van der Waals surface area (Å²) in [7, 11) is -8.01. The number of hydrogen-bond donors (Lipinski definition) is 0. The molecule has 648 valence electrons. The molecule has 0 N–H and O–H groups in total. The third kappa shape index (κ3) is 30.9. The van der Waals surface area contributed by atoms with Gasteiger partial charge in [-0.25, -0.2) is 83.5 Å². The van der Waals surface area contributed by atoms with E-state index in [0.29, 0.717) is 76.1 Å². The molecule has 5 aromatic heterocycles. The van der Waals surface area contributed by atoms with Crippen LogP contribution in [0.5, 0.6) is 0 Å². The minimum atomic E-state index is -3.86. The summed E-state index contributed by atoms with van der Waals surface area (Å²) in [6.45, 7) is 13.7. The normalized spacial score (nSPS) is 16.6. The summed E-state index contributed by atoms with van der Waals surface area (Å²) in [5.41, 5.74) is 3.56. The quantitative estimate of drug-likeness (QED) is 0.0138. The van der Waals surface area contributed by atoms with Crippen molar-refractivity contribution in [1.82, 2.24) is 72.6 Å². The second kappa shape index (κ2) is 46.5. The Morgan fingerprint density at radius 3 is 1.18 bits per heavy atom. The molecule has 31 nitrogen and oxygen atoms in total. The van der Waals surface area contributed by atoms with Crippen LogP contribution in [0.15, 0.2) is 292 Å². The summed E-state index contributed by atoms with van der Waals surface area (Å²) in [5.74, 6) is 0.524. The van der Waals surface area contributed by atoms with Gasteiger partial charge >= 0.3 is 0 Å². The minimum Gasteiger partial charge on any atom is -0.545 e. The Bertz CT molecular complexity index is 5880. The number of hydrogen-bond acceptors (Lipinski definition) is 27. The number of carbonyl (C=O) groups excluding carboxylic acids is 4. The second-order valence-electron chi connectivity index (χ2n) is 27.5. The lowest BCUT2D eigenvalue weighted by Crippen LogP contribution is -2.43. The van der Waals surface area contributed by atoms with Gasteiger partial charge in [0.2, 0.25) is 38.4 Å². The predicted octanol–water partition coefficient (Wildman–Crippen LogP) is 13.8. The molecule has 0 amide bonds. The molecule has 5 aromatic carbocycles. The SMILES string of the molecule is C=CC(=C)O[Si](C)(C)C.CN(C)/C=C1/CN(S(=O)(=O)c2ccc(Cl)cc2)C(c2cncnc2)CC1=O.CN(C)/C=C1\C(=O)CCN(S(=O)(=O)c2ccc(Cl)cc2)C1c1cncnc1.O=C1CCN(S(=O)(=O)c2ccc(Cl)cc2)C(c2cncnc2)C1.O=Cc1cncnc1.O=S(=O)(Cl)c1ccc(Cl)cc1.O=S(=O)(N=Cc1cncnc1)c1ccc(Cl)cc1. The molecule has 8 heterocycles. The average molecular weight is 1910 g/mol. The van der Waals surface area contributed by atoms with Gasteiger partial charge in [-0.2, -0.15) is 25.7 Å². The van der Waals surface area contributed by atoms with Gasteiger partial charge in [-0.15, -0.1) is 0 Å². The molecule has 3 atom stereocenters. The maximum atomic E-state index is 13.3. The number of allylic oxidation sites excluding steroid dienone is 1.